The zero-order chi connectivity index (χ0) is 29.4. The number of alkyl halides is 3. The third kappa shape index (κ3) is 5.69. The number of nitrogens with two attached hydrogens (primary N) is 1. The molecule has 0 spiro atoms. The Balaban J connectivity index is 1.48. The highest BCUT2D eigenvalue weighted by Crippen LogP contribution is 2.37. The van der Waals surface area contributed by atoms with Crippen molar-refractivity contribution in [1.29, 1.82) is 0 Å². The third-order valence-corrected chi connectivity index (χ3v) is 7.35. The molecule has 11 heteroatoms. The largest absolute Gasteiger partial charge is 0.573 e. The van der Waals surface area contributed by atoms with Crippen molar-refractivity contribution in [2.24, 2.45) is 0 Å². The smallest absolute Gasteiger partial charge is 0.406 e. The van der Waals surface area contributed by atoms with Crippen LogP contribution in [0.4, 0.5) is 19.0 Å². The van der Waals surface area contributed by atoms with Gasteiger partial charge in [-0.15, -0.1) is 19.6 Å². The molecule has 2 aromatic carbocycles. The maximum absolute atomic E-state index is 12.7. The van der Waals surface area contributed by atoms with Crippen LogP contribution in [0.15, 0.2) is 60.9 Å². The number of benzene rings is 2. The lowest BCUT2D eigenvalue weighted by atomic mass is 9.87. The van der Waals surface area contributed by atoms with Crippen molar-refractivity contribution in [3.8, 4) is 29.4 Å². The van der Waals surface area contributed by atoms with Crippen LogP contribution in [-0.2, 0) is 10.4 Å². The monoisotopic (exact) mass is 563 g/mol. The van der Waals surface area contributed by atoms with E-state index in [1.165, 1.54) is 25.1 Å². The van der Waals surface area contributed by atoms with E-state index in [4.69, 9.17) is 17.1 Å². The standard InChI is InChI=1S/C30H28F3N5O3/c1-3-6-24(39)37-15-5-7-20(18-37)28-36-25(26-27(34)35-14-16-38(26)28)19-10-12-21(13-11-19)29(2,40)22-8-4-9-23(17-22)41-30(31,32)33/h1,4,8-14,16-17,20,40H,5-7,15,18H2,2H3,(H2,34,35)/t20-,29?/m1/s1. The number of piperidine rings is 1. The van der Waals surface area contributed by atoms with Crippen LogP contribution < -0.4 is 10.5 Å². The van der Waals surface area contributed by atoms with Gasteiger partial charge in [0.2, 0.25) is 5.91 Å². The number of ether oxygens (including phenoxy) is 1. The predicted octanol–water partition coefficient (Wildman–Crippen LogP) is 4.86. The predicted molar refractivity (Wildman–Crippen MR) is 147 cm³/mol. The number of terminal acetylenes is 1. The Morgan fingerprint density at radius 1 is 1.22 bits per heavy atom. The van der Waals surface area contributed by atoms with E-state index >= 15 is 0 Å². The molecule has 1 aliphatic heterocycles. The summed E-state index contributed by atoms with van der Waals surface area (Å²) in [5.74, 6) is 2.90. The molecule has 0 aliphatic carbocycles. The Labute approximate surface area is 234 Å². The van der Waals surface area contributed by atoms with Crippen LogP contribution in [-0.4, -0.2) is 49.7 Å². The van der Waals surface area contributed by atoms with E-state index in [1.54, 1.807) is 41.6 Å². The second-order valence-electron chi connectivity index (χ2n) is 10.1. The maximum atomic E-state index is 12.7. The molecule has 8 nitrogen and oxygen atoms in total. The van der Waals surface area contributed by atoms with Gasteiger partial charge < -0.3 is 20.5 Å². The number of hydrogen-bond donors (Lipinski definition) is 2. The van der Waals surface area contributed by atoms with Gasteiger partial charge in [-0.05, 0) is 43.0 Å². The summed E-state index contributed by atoms with van der Waals surface area (Å²) in [5.41, 5.74) is 7.28. The molecular formula is C30H28F3N5O3. The van der Waals surface area contributed by atoms with Crippen LogP contribution in [0.25, 0.3) is 16.8 Å². The minimum absolute atomic E-state index is 0.0419. The van der Waals surface area contributed by atoms with E-state index < -0.39 is 17.7 Å². The van der Waals surface area contributed by atoms with E-state index in [2.05, 4.69) is 15.6 Å². The molecule has 1 unspecified atom stereocenters. The quantitative estimate of drug-likeness (QED) is 0.325. The number of halogens is 3. The van der Waals surface area contributed by atoms with Crippen molar-refractivity contribution in [2.75, 3.05) is 18.8 Å². The normalized spacial score (nSPS) is 17.2. The lowest BCUT2D eigenvalue weighted by molar-refractivity contribution is -0.274. The fraction of sp³-hybridized carbons (Fsp3) is 0.300. The zero-order valence-electron chi connectivity index (χ0n) is 22.2. The number of fused-ring (bicyclic) bond motifs is 1. The molecule has 1 fully saturated rings. The van der Waals surface area contributed by atoms with Gasteiger partial charge in [0.15, 0.2) is 0 Å². The van der Waals surface area contributed by atoms with Crippen molar-refractivity contribution >= 4 is 17.2 Å². The first-order valence-electron chi connectivity index (χ1n) is 13.0. The first kappa shape index (κ1) is 28.0. The van der Waals surface area contributed by atoms with Gasteiger partial charge in [0, 0.05) is 37.0 Å². The lowest BCUT2D eigenvalue weighted by Crippen LogP contribution is -2.39. The molecule has 2 atom stereocenters. The minimum atomic E-state index is -4.85. The van der Waals surface area contributed by atoms with Crippen LogP contribution in [0.5, 0.6) is 5.75 Å². The summed E-state index contributed by atoms with van der Waals surface area (Å²) in [7, 11) is 0. The fourth-order valence-corrected chi connectivity index (χ4v) is 5.31. The lowest BCUT2D eigenvalue weighted by Gasteiger charge is -2.31. The summed E-state index contributed by atoms with van der Waals surface area (Å²) < 4.78 is 44.1. The first-order valence-corrected chi connectivity index (χ1v) is 13.0. The Kier molecular flexibility index (Phi) is 7.36. The molecule has 41 heavy (non-hydrogen) atoms. The number of nitrogens with zero attached hydrogens (tertiary/aromatic N) is 4. The summed E-state index contributed by atoms with van der Waals surface area (Å²) in [5, 5.41) is 11.3. The molecule has 5 rings (SSSR count). The van der Waals surface area contributed by atoms with E-state index in [9.17, 15) is 23.1 Å². The van der Waals surface area contributed by atoms with Crippen LogP contribution in [0.1, 0.15) is 49.1 Å². The zero-order valence-corrected chi connectivity index (χ0v) is 22.2. The topological polar surface area (TPSA) is 106 Å². The second kappa shape index (κ2) is 10.8. The van der Waals surface area contributed by atoms with Gasteiger partial charge in [0.25, 0.3) is 0 Å². The molecule has 0 radical (unpaired) electrons. The van der Waals surface area contributed by atoms with E-state index in [1.807, 2.05) is 4.40 Å². The number of hydrogen-bond acceptors (Lipinski definition) is 6. The van der Waals surface area contributed by atoms with Gasteiger partial charge in [-0.3, -0.25) is 9.20 Å². The third-order valence-electron chi connectivity index (χ3n) is 7.35. The van der Waals surface area contributed by atoms with Crippen molar-refractivity contribution in [1.82, 2.24) is 19.3 Å². The number of amides is 1. The molecule has 2 aromatic heterocycles. The Bertz CT molecular complexity index is 1620. The Morgan fingerprint density at radius 2 is 1.98 bits per heavy atom. The second-order valence-corrected chi connectivity index (χ2v) is 10.1. The van der Waals surface area contributed by atoms with Crippen molar-refractivity contribution in [3.05, 3.63) is 77.9 Å². The summed E-state index contributed by atoms with van der Waals surface area (Å²) in [6, 6.07) is 12.2. The number of anilines is 1. The SMILES string of the molecule is C#CCC(=O)N1CCC[C@@H](c2nc(-c3ccc(C(C)(O)c4cccc(OC(F)(F)F)c4)cc3)c3c(N)nccn23)C1. The first-order chi connectivity index (χ1) is 19.5. The maximum Gasteiger partial charge on any atom is 0.573 e. The molecule has 3 heterocycles. The van der Waals surface area contributed by atoms with E-state index in [0.29, 0.717) is 35.4 Å². The van der Waals surface area contributed by atoms with Crippen molar-refractivity contribution < 1.29 is 27.8 Å². The molecule has 4 aromatic rings. The number of rotatable bonds is 6. The van der Waals surface area contributed by atoms with Crippen LogP contribution in [0.2, 0.25) is 0 Å². The molecule has 1 aliphatic rings. The average molecular weight is 564 g/mol. The Hall–Kier alpha value is -4.56. The summed E-state index contributed by atoms with van der Waals surface area (Å²) in [6.07, 6.45) is 5.57. The van der Waals surface area contributed by atoms with Gasteiger partial charge in [0.05, 0.1) is 6.42 Å². The highest BCUT2D eigenvalue weighted by atomic mass is 19.4. The van der Waals surface area contributed by atoms with Crippen LogP contribution in [0.3, 0.4) is 0 Å². The minimum Gasteiger partial charge on any atom is -0.406 e. The number of carbonyl (C=O) groups is 1. The van der Waals surface area contributed by atoms with Crippen molar-refractivity contribution in [3.63, 3.8) is 0 Å². The molecule has 1 amide bonds. The Morgan fingerprint density at radius 3 is 2.68 bits per heavy atom. The number of carbonyl (C=O) groups excluding carboxylic acids is 1. The number of likely N-dealkylation sites (tertiary alicyclic amines) is 1. The highest BCUT2D eigenvalue weighted by molar-refractivity contribution is 5.85. The number of nitrogen functional groups attached to an aromatic ring is 1. The van der Waals surface area contributed by atoms with Gasteiger partial charge in [0.1, 0.15) is 34.2 Å². The molecule has 3 N–H and O–H groups in total. The van der Waals surface area contributed by atoms with E-state index in [-0.39, 0.29) is 29.6 Å². The van der Waals surface area contributed by atoms with Gasteiger partial charge in [-0.25, -0.2) is 9.97 Å². The molecule has 0 bridgehead atoms. The molecule has 0 saturated carbocycles. The van der Waals surface area contributed by atoms with Gasteiger partial charge in [-0.1, -0.05) is 42.3 Å². The number of imidazole rings is 1. The van der Waals surface area contributed by atoms with Gasteiger partial charge in [-0.2, -0.15) is 0 Å². The van der Waals surface area contributed by atoms with Gasteiger partial charge >= 0.3 is 6.36 Å². The average Bonchev–Trinajstić information content (AvgIpc) is 3.34. The number of aliphatic hydroxyl groups is 1. The summed E-state index contributed by atoms with van der Waals surface area (Å²) in [4.78, 5) is 23.4. The number of aromatic nitrogens is 3. The molecular weight excluding hydrogens is 535 g/mol. The van der Waals surface area contributed by atoms with Crippen LogP contribution >= 0.6 is 0 Å². The van der Waals surface area contributed by atoms with Crippen LogP contribution in [0, 0.1) is 12.3 Å². The summed E-state index contributed by atoms with van der Waals surface area (Å²) >= 11 is 0. The molecule has 1 saturated heterocycles. The van der Waals surface area contributed by atoms with E-state index in [0.717, 1.165) is 24.7 Å². The highest BCUT2D eigenvalue weighted by Gasteiger charge is 2.33. The summed E-state index contributed by atoms with van der Waals surface area (Å²) in [6.45, 7) is 2.63. The molecule has 212 valence electrons. The fourth-order valence-electron chi connectivity index (χ4n) is 5.31. The van der Waals surface area contributed by atoms with Crippen molar-refractivity contribution in [2.45, 2.75) is 44.1 Å².